The van der Waals surface area contributed by atoms with Gasteiger partial charge in [-0.15, -0.1) is 0 Å². The molecule has 0 radical (unpaired) electrons. The molecule has 0 heterocycles. The van der Waals surface area contributed by atoms with Gasteiger partial charge in [0.25, 0.3) is 0 Å². The molecule has 0 amide bonds. The van der Waals surface area contributed by atoms with E-state index in [1.807, 2.05) is 0 Å². The molecule has 4 heteroatoms. The predicted octanol–water partition coefficient (Wildman–Crippen LogP) is 0.00470. The third kappa shape index (κ3) is 1.79. The molecule has 1 rings (SSSR count). The van der Waals surface area contributed by atoms with Crippen LogP contribution in [0.5, 0.6) is 0 Å². The molecular weight excluding hydrogens is 311 g/mol. The van der Waals surface area contributed by atoms with Crippen molar-refractivity contribution in [1.29, 1.82) is 0 Å². The summed E-state index contributed by atoms with van der Waals surface area (Å²) in [6.07, 6.45) is 5.10. The van der Waals surface area contributed by atoms with E-state index in [0.29, 0.717) is 0 Å². The molecule has 1 aliphatic carbocycles. The van der Waals surface area contributed by atoms with E-state index in [2.05, 4.69) is 0 Å². The topological polar surface area (TPSA) is 72.3 Å². The molecule has 0 aromatic carbocycles. The first-order valence-electron chi connectivity index (χ1n) is 3.45. The Morgan fingerprint density at radius 1 is 1.10 bits per heavy atom. The third-order valence-corrected chi connectivity index (χ3v) is 5.51. The molecule has 0 atom stereocenters. The summed E-state index contributed by atoms with van der Waals surface area (Å²) < 4.78 is 10.6. The Bertz CT molecular complexity index is 112. The summed E-state index contributed by atoms with van der Waals surface area (Å²) in [5.74, 6) is 0. The molecule has 65 valence electrons. The molecule has 0 saturated heterocycles. The molecule has 3 nitrogen and oxygen atoms in total. The fraction of sp³-hybridized carbons (Fsp3) is 1.00. The van der Waals surface area contributed by atoms with Gasteiger partial charge in [0.2, 0.25) is 0 Å². The summed E-state index contributed by atoms with van der Waals surface area (Å²) in [6, 6.07) is 0. The van der Waals surface area contributed by atoms with Crippen LogP contribution in [-0.4, -0.2) is 9.10 Å². The first-order valence-corrected chi connectivity index (χ1v) is 7.21. The molecule has 5 N–H and O–H groups in total. The van der Waals surface area contributed by atoms with Gasteiger partial charge in [-0.2, -0.15) is 0 Å². The zero-order valence-corrected chi connectivity index (χ0v) is 8.23. The van der Waals surface area contributed by atoms with E-state index in [9.17, 15) is 5.11 Å². The Morgan fingerprint density at radius 2 is 1.60 bits per heavy atom. The average Bonchev–Trinajstić information content (AvgIpc) is 1.89. The number of aliphatic hydroxyl groups is 1. The SMILES string of the molecule is [NH2][Pt]([NH2])[C]1(O)CCCCC1. The van der Waals surface area contributed by atoms with Crippen LogP contribution in [0.3, 0.4) is 0 Å². The van der Waals surface area contributed by atoms with Crippen LogP contribution in [0.4, 0.5) is 0 Å². The van der Waals surface area contributed by atoms with Gasteiger partial charge in [-0.3, -0.25) is 0 Å². The van der Waals surface area contributed by atoms with E-state index in [-0.39, 0.29) is 0 Å². The molecule has 10 heavy (non-hydrogen) atoms. The second-order valence-electron chi connectivity index (χ2n) is 2.71. The standard InChI is InChI=1S/C6H11O.2H2N.Pt/c7-6-4-2-1-3-5-6;;;/h7H,1-5H2;2*1H2;/q;2*-1;+2. The normalized spacial score (nSPS) is 26.1. The van der Waals surface area contributed by atoms with Gasteiger partial charge in [-0.25, -0.2) is 0 Å². The van der Waals surface area contributed by atoms with Crippen LogP contribution in [-0.2, 0) is 17.8 Å². The Balaban J connectivity index is 2.48. The zero-order valence-electron chi connectivity index (χ0n) is 5.95. The minimum atomic E-state index is -1.98. The van der Waals surface area contributed by atoms with Gasteiger partial charge in [-0.05, 0) is 0 Å². The van der Waals surface area contributed by atoms with Gasteiger partial charge in [0.1, 0.15) is 0 Å². The Hall–Kier alpha value is 0.568. The van der Waals surface area contributed by atoms with Crippen LogP contribution in [0.25, 0.3) is 0 Å². The van der Waals surface area contributed by atoms with Crippen molar-refractivity contribution >= 4 is 0 Å². The molecule has 0 aromatic rings. The van der Waals surface area contributed by atoms with Gasteiger partial charge >= 0.3 is 67.6 Å². The van der Waals surface area contributed by atoms with Crippen molar-refractivity contribution in [2.75, 3.05) is 0 Å². The van der Waals surface area contributed by atoms with Crippen LogP contribution in [0.2, 0.25) is 0 Å². The van der Waals surface area contributed by atoms with Crippen molar-refractivity contribution < 1.29 is 22.9 Å². The van der Waals surface area contributed by atoms with Crippen LogP contribution >= 0.6 is 0 Å². The molecule has 1 saturated carbocycles. The zero-order chi connectivity index (χ0) is 7.61. The van der Waals surface area contributed by atoms with Crippen molar-refractivity contribution in [3.8, 4) is 0 Å². The minimum absolute atomic E-state index is 0.608. The number of hydrogen-bond acceptors (Lipinski definition) is 3. The van der Waals surface area contributed by atoms with E-state index in [4.69, 9.17) is 8.58 Å². The molecule has 0 aliphatic heterocycles. The Morgan fingerprint density at radius 3 is 1.90 bits per heavy atom. The fourth-order valence-electron chi connectivity index (χ4n) is 1.25. The third-order valence-electron chi connectivity index (χ3n) is 1.93. The summed E-state index contributed by atoms with van der Waals surface area (Å²) >= 11 is -1.98. The monoisotopic (exact) mass is 326 g/mol. The molecular formula is C6H15N2OPt. The molecule has 1 aliphatic rings. The summed E-state index contributed by atoms with van der Waals surface area (Å²) in [5.41, 5.74) is 0. The second-order valence-corrected chi connectivity index (χ2v) is 6.89. The fourth-order valence-corrected chi connectivity index (χ4v) is 3.37. The summed E-state index contributed by atoms with van der Waals surface area (Å²) in [4.78, 5) is 0. The molecule has 1 fully saturated rings. The van der Waals surface area contributed by atoms with E-state index in [1.165, 1.54) is 6.42 Å². The molecule has 0 unspecified atom stereocenters. The van der Waals surface area contributed by atoms with Crippen molar-refractivity contribution in [2.45, 2.75) is 36.1 Å². The van der Waals surface area contributed by atoms with Crippen LogP contribution in [0.15, 0.2) is 0 Å². The average molecular weight is 326 g/mol. The number of rotatable bonds is 1. The van der Waals surface area contributed by atoms with Gasteiger partial charge in [0.15, 0.2) is 0 Å². The van der Waals surface area contributed by atoms with Gasteiger partial charge in [0.05, 0.1) is 0 Å². The van der Waals surface area contributed by atoms with Crippen molar-refractivity contribution in [3.05, 3.63) is 0 Å². The van der Waals surface area contributed by atoms with Gasteiger partial charge in [-0.1, -0.05) is 0 Å². The number of hydrogen-bond donors (Lipinski definition) is 3. The second kappa shape index (κ2) is 3.31. The van der Waals surface area contributed by atoms with Gasteiger partial charge in [0, 0.05) is 0 Å². The molecule has 0 aromatic heterocycles. The van der Waals surface area contributed by atoms with Crippen molar-refractivity contribution in [3.63, 3.8) is 0 Å². The summed E-state index contributed by atoms with van der Waals surface area (Å²) in [6.45, 7) is 0. The maximum atomic E-state index is 9.77. The predicted molar refractivity (Wildman–Crippen MR) is 36.4 cm³/mol. The van der Waals surface area contributed by atoms with Crippen molar-refractivity contribution in [2.24, 2.45) is 8.58 Å². The summed E-state index contributed by atoms with van der Waals surface area (Å²) in [5, 5.41) is 9.77. The van der Waals surface area contributed by atoms with E-state index < -0.39 is 21.8 Å². The van der Waals surface area contributed by atoms with E-state index in [0.717, 1.165) is 25.7 Å². The van der Waals surface area contributed by atoms with Crippen LogP contribution in [0, 0.1) is 0 Å². The van der Waals surface area contributed by atoms with Crippen LogP contribution in [0.1, 0.15) is 32.1 Å². The quantitative estimate of drug-likeness (QED) is 0.635. The number of nitrogens with two attached hydrogens (primary N) is 2. The van der Waals surface area contributed by atoms with Gasteiger partial charge < -0.3 is 0 Å². The first-order chi connectivity index (χ1) is 4.65. The Kier molecular flexibility index (Phi) is 2.87. The maximum absolute atomic E-state index is 9.77. The molecule has 0 bridgehead atoms. The van der Waals surface area contributed by atoms with Crippen LogP contribution < -0.4 is 8.58 Å². The van der Waals surface area contributed by atoms with E-state index >= 15 is 0 Å². The van der Waals surface area contributed by atoms with Crippen molar-refractivity contribution in [1.82, 2.24) is 0 Å². The van der Waals surface area contributed by atoms with E-state index in [1.54, 1.807) is 0 Å². The Labute approximate surface area is 67.9 Å². The first kappa shape index (κ1) is 8.66. The summed E-state index contributed by atoms with van der Waals surface area (Å²) in [7, 11) is 0. The molecule has 0 spiro atoms.